The first kappa shape index (κ1) is 24.8. The molecular weight excluding hydrogens is 462 g/mol. The van der Waals surface area contributed by atoms with Crippen molar-refractivity contribution in [2.24, 2.45) is 0 Å². The van der Waals surface area contributed by atoms with Crippen LogP contribution in [0.2, 0.25) is 0 Å². The van der Waals surface area contributed by atoms with Crippen LogP contribution < -0.4 is 15.4 Å². The Balaban J connectivity index is 1.43. The van der Waals surface area contributed by atoms with Gasteiger partial charge in [0, 0.05) is 29.8 Å². The number of nitrogens with one attached hydrogen (secondary N) is 2. The maximum Gasteiger partial charge on any atom is 0.251 e. The van der Waals surface area contributed by atoms with Crippen molar-refractivity contribution < 1.29 is 14.3 Å². The number of thioether (sulfide) groups is 1. The summed E-state index contributed by atoms with van der Waals surface area (Å²) in [6, 6.07) is 13.8. The molecule has 1 aliphatic heterocycles. The highest BCUT2D eigenvalue weighted by Crippen LogP contribution is 2.24. The molecule has 8 nitrogen and oxygen atoms in total. The fourth-order valence-corrected chi connectivity index (χ4v) is 4.59. The summed E-state index contributed by atoms with van der Waals surface area (Å²) in [6.07, 6.45) is 6.95. The number of hydrogen-bond acceptors (Lipinski definition) is 6. The molecule has 3 aromatic rings. The number of carbonyl (C=O) groups excluding carboxylic acids is 2. The minimum Gasteiger partial charge on any atom is -0.497 e. The van der Waals surface area contributed by atoms with Crippen LogP contribution in [0.15, 0.2) is 48.5 Å². The number of aryl methyl sites for hydroxylation is 1. The fourth-order valence-electron chi connectivity index (χ4n) is 4.12. The van der Waals surface area contributed by atoms with Gasteiger partial charge in [-0.2, -0.15) is 11.8 Å². The monoisotopic (exact) mass is 493 g/mol. The van der Waals surface area contributed by atoms with Gasteiger partial charge in [-0.1, -0.05) is 6.42 Å². The molecule has 0 saturated heterocycles. The highest BCUT2D eigenvalue weighted by Gasteiger charge is 2.22. The van der Waals surface area contributed by atoms with Crippen molar-refractivity contribution in [1.29, 1.82) is 0 Å². The molecule has 2 heterocycles. The normalized spacial score (nSPS) is 13.9. The molecule has 0 aliphatic carbocycles. The van der Waals surface area contributed by atoms with Crippen molar-refractivity contribution in [1.82, 2.24) is 20.1 Å². The first-order valence-electron chi connectivity index (χ1n) is 11.9. The topological polar surface area (TPSA) is 98.1 Å². The molecule has 0 spiro atoms. The molecule has 184 valence electrons. The van der Waals surface area contributed by atoms with E-state index in [9.17, 15) is 9.59 Å². The molecular formula is C26H31N5O3S. The van der Waals surface area contributed by atoms with Gasteiger partial charge in [-0.3, -0.25) is 9.59 Å². The first-order chi connectivity index (χ1) is 17.1. The molecule has 0 fully saturated rings. The van der Waals surface area contributed by atoms with Crippen LogP contribution in [-0.2, 0) is 17.8 Å². The molecule has 2 aromatic carbocycles. The van der Waals surface area contributed by atoms with Gasteiger partial charge >= 0.3 is 0 Å². The van der Waals surface area contributed by atoms with Crippen molar-refractivity contribution in [2.45, 2.75) is 44.7 Å². The average Bonchev–Trinajstić information content (AvgIpc) is 3.14. The molecule has 0 bridgehead atoms. The van der Waals surface area contributed by atoms with Crippen LogP contribution in [0.25, 0.3) is 11.4 Å². The molecule has 9 heteroatoms. The number of benzene rings is 2. The maximum absolute atomic E-state index is 13.0. The molecule has 0 radical (unpaired) electrons. The van der Waals surface area contributed by atoms with Gasteiger partial charge in [0.25, 0.3) is 5.91 Å². The van der Waals surface area contributed by atoms with Crippen LogP contribution in [0.5, 0.6) is 5.75 Å². The Bertz CT molecular complexity index is 1140. The molecule has 1 atom stereocenters. The predicted octanol–water partition coefficient (Wildman–Crippen LogP) is 4.17. The molecule has 2 amide bonds. The lowest BCUT2D eigenvalue weighted by molar-refractivity contribution is -0.118. The SMILES string of the molecule is COc1ccc(C(=O)N[C@H](CCSC)C(=O)Nc2ccc(-c3nnc4n3CCCCC4)cc2)cc1. The summed E-state index contributed by atoms with van der Waals surface area (Å²) in [7, 11) is 1.57. The maximum atomic E-state index is 13.0. The second kappa shape index (κ2) is 11.9. The summed E-state index contributed by atoms with van der Waals surface area (Å²) in [6.45, 7) is 0.932. The third-order valence-electron chi connectivity index (χ3n) is 6.10. The van der Waals surface area contributed by atoms with E-state index in [2.05, 4.69) is 25.4 Å². The molecule has 0 unspecified atom stereocenters. The van der Waals surface area contributed by atoms with Crippen LogP contribution in [0.1, 0.15) is 41.9 Å². The third-order valence-corrected chi connectivity index (χ3v) is 6.75. The first-order valence-corrected chi connectivity index (χ1v) is 13.3. The number of hydrogen-bond donors (Lipinski definition) is 2. The number of aromatic nitrogens is 3. The quantitative estimate of drug-likeness (QED) is 0.464. The molecule has 0 saturated carbocycles. The summed E-state index contributed by atoms with van der Waals surface area (Å²) >= 11 is 1.63. The Kier molecular flexibility index (Phi) is 8.41. The number of anilines is 1. The second-order valence-corrected chi connectivity index (χ2v) is 9.49. The summed E-state index contributed by atoms with van der Waals surface area (Å²) < 4.78 is 7.35. The van der Waals surface area contributed by atoms with Crippen LogP contribution in [0.4, 0.5) is 5.69 Å². The number of methoxy groups -OCH3 is 1. The second-order valence-electron chi connectivity index (χ2n) is 8.50. The smallest absolute Gasteiger partial charge is 0.251 e. The highest BCUT2D eigenvalue weighted by molar-refractivity contribution is 7.98. The zero-order chi connectivity index (χ0) is 24.6. The zero-order valence-electron chi connectivity index (χ0n) is 20.1. The molecule has 4 rings (SSSR count). The lowest BCUT2D eigenvalue weighted by Gasteiger charge is -2.18. The van der Waals surface area contributed by atoms with Crippen molar-refractivity contribution in [3.8, 4) is 17.1 Å². The van der Waals surface area contributed by atoms with Gasteiger partial charge in [-0.05, 0) is 79.8 Å². The number of rotatable bonds is 9. The van der Waals surface area contributed by atoms with E-state index in [1.54, 1.807) is 43.1 Å². The summed E-state index contributed by atoms with van der Waals surface area (Å²) in [5.74, 6) is 2.78. The lowest BCUT2D eigenvalue weighted by atomic mass is 10.1. The number of ether oxygens (including phenoxy) is 1. The van der Waals surface area contributed by atoms with E-state index in [0.29, 0.717) is 23.4 Å². The summed E-state index contributed by atoms with van der Waals surface area (Å²) in [5, 5.41) is 14.6. The van der Waals surface area contributed by atoms with E-state index in [1.807, 2.05) is 30.5 Å². The van der Waals surface area contributed by atoms with Gasteiger partial charge in [0.15, 0.2) is 5.82 Å². The van der Waals surface area contributed by atoms with E-state index in [4.69, 9.17) is 4.74 Å². The highest BCUT2D eigenvalue weighted by atomic mass is 32.2. The van der Waals surface area contributed by atoms with Gasteiger partial charge in [0.1, 0.15) is 17.6 Å². The Morgan fingerprint density at radius 2 is 1.83 bits per heavy atom. The van der Waals surface area contributed by atoms with Crippen LogP contribution in [-0.4, -0.2) is 51.7 Å². The standard InChI is InChI=1S/C26H31N5O3S/c1-34-21-13-9-19(10-14-21)25(32)28-22(15-17-35-2)26(33)27-20-11-7-18(8-12-20)24-30-29-23-6-4-3-5-16-31(23)24/h7-14,22H,3-6,15-17H2,1-2H3,(H,27,33)(H,28,32)/t22-/m1/s1. The van der Waals surface area contributed by atoms with E-state index in [1.165, 1.54) is 6.42 Å². The van der Waals surface area contributed by atoms with E-state index >= 15 is 0 Å². The van der Waals surface area contributed by atoms with E-state index < -0.39 is 6.04 Å². The predicted molar refractivity (Wildman–Crippen MR) is 139 cm³/mol. The zero-order valence-corrected chi connectivity index (χ0v) is 20.9. The number of carbonyl (C=O) groups is 2. The Labute approximate surface area is 209 Å². The number of fused-ring (bicyclic) bond motifs is 1. The van der Waals surface area contributed by atoms with Crippen molar-refractivity contribution in [3.63, 3.8) is 0 Å². The third kappa shape index (κ3) is 6.22. The minimum absolute atomic E-state index is 0.245. The van der Waals surface area contributed by atoms with E-state index in [-0.39, 0.29) is 11.8 Å². The van der Waals surface area contributed by atoms with Crippen molar-refractivity contribution in [2.75, 3.05) is 24.4 Å². The minimum atomic E-state index is -0.649. The fraction of sp³-hybridized carbons (Fsp3) is 0.385. The van der Waals surface area contributed by atoms with E-state index in [0.717, 1.165) is 48.8 Å². The van der Waals surface area contributed by atoms with Gasteiger partial charge in [0.05, 0.1) is 7.11 Å². The van der Waals surface area contributed by atoms with Gasteiger partial charge in [-0.15, -0.1) is 10.2 Å². The summed E-state index contributed by atoms with van der Waals surface area (Å²) in [5.41, 5.74) is 2.11. The van der Waals surface area contributed by atoms with Crippen molar-refractivity contribution >= 4 is 29.3 Å². The molecule has 1 aromatic heterocycles. The largest absolute Gasteiger partial charge is 0.497 e. The van der Waals surface area contributed by atoms with Gasteiger partial charge in [-0.25, -0.2) is 0 Å². The van der Waals surface area contributed by atoms with Crippen molar-refractivity contribution in [3.05, 3.63) is 59.9 Å². The Hall–Kier alpha value is -3.33. The van der Waals surface area contributed by atoms with Gasteiger partial charge in [0.2, 0.25) is 5.91 Å². The van der Waals surface area contributed by atoms with Crippen LogP contribution in [0.3, 0.4) is 0 Å². The molecule has 1 aliphatic rings. The molecule has 35 heavy (non-hydrogen) atoms. The van der Waals surface area contributed by atoms with Gasteiger partial charge < -0.3 is 19.9 Å². The average molecular weight is 494 g/mol. The van der Waals surface area contributed by atoms with Crippen LogP contribution in [0, 0.1) is 0 Å². The van der Waals surface area contributed by atoms with Crippen LogP contribution >= 0.6 is 11.8 Å². The lowest BCUT2D eigenvalue weighted by Crippen LogP contribution is -2.44. The number of nitrogens with zero attached hydrogens (tertiary/aromatic N) is 3. The summed E-state index contributed by atoms with van der Waals surface area (Å²) in [4.78, 5) is 25.8. The number of amides is 2. The Morgan fingerprint density at radius 3 is 2.54 bits per heavy atom. The molecule has 2 N–H and O–H groups in total. The Morgan fingerprint density at radius 1 is 1.06 bits per heavy atom.